The standard InChI is InChI=1S/C19H21N3OS/c1-12(2)22-8-7-15(11-22)10-17-18(23)21-19(24-17)20-16-6-5-13(3)9-14(16)4/h5-12H,1-4H3,(H,20,21,23)/b17-10+. The van der Waals surface area contributed by atoms with Gasteiger partial charge >= 0.3 is 0 Å². The van der Waals surface area contributed by atoms with Gasteiger partial charge in [0, 0.05) is 18.4 Å². The van der Waals surface area contributed by atoms with E-state index in [1.807, 2.05) is 43.6 Å². The van der Waals surface area contributed by atoms with E-state index in [0.717, 1.165) is 16.8 Å². The van der Waals surface area contributed by atoms with Gasteiger partial charge < -0.3 is 9.88 Å². The molecule has 2 aromatic rings. The number of amidine groups is 1. The maximum absolute atomic E-state index is 12.2. The minimum Gasteiger partial charge on any atom is -0.351 e. The summed E-state index contributed by atoms with van der Waals surface area (Å²) in [6, 6.07) is 8.52. The summed E-state index contributed by atoms with van der Waals surface area (Å²) in [6.07, 6.45) is 5.98. The molecule has 0 aliphatic carbocycles. The highest BCUT2D eigenvalue weighted by Crippen LogP contribution is 2.29. The van der Waals surface area contributed by atoms with Gasteiger partial charge in [-0.15, -0.1) is 0 Å². The lowest BCUT2D eigenvalue weighted by Gasteiger charge is -2.04. The number of benzene rings is 1. The Morgan fingerprint density at radius 1 is 1.25 bits per heavy atom. The van der Waals surface area contributed by atoms with Gasteiger partial charge in [-0.25, -0.2) is 4.99 Å². The molecule has 0 saturated carbocycles. The van der Waals surface area contributed by atoms with Crippen molar-refractivity contribution in [2.45, 2.75) is 33.7 Å². The van der Waals surface area contributed by atoms with Crippen molar-refractivity contribution in [3.05, 3.63) is 58.3 Å². The van der Waals surface area contributed by atoms with Crippen LogP contribution < -0.4 is 5.32 Å². The molecule has 1 aliphatic heterocycles. The van der Waals surface area contributed by atoms with Gasteiger partial charge in [-0.05, 0) is 68.8 Å². The van der Waals surface area contributed by atoms with Crippen LogP contribution >= 0.6 is 11.8 Å². The van der Waals surface area contributed by atoms with E-state index in [1.165, 1.54) is 17.3 Å². The molecule has 1 fully saturated rings. The van der Waals surface area contributed by atoms with Crippen LogP contribution in [0.1, 0.15) is 36.6 Å². The quantitative estimate of drug-likeness (QED) is 0.832. The molecular weight excluding hydrogens is 318 g/mol. The first-order valence-corrected chi connectivity index (χ1v) is 8.78. The van der Waals surface area contributed by atoms with Gasteiger partial charge in [-0.3, -0.25) is 4.79 Å². The number of aliphatic imine (C=N–C) groups is 1. The van der Waals surface area contributed by atoms with Crippen molar-refractivity contribution in [2.24, 2.45) is 4.99 Å². The van der Waals surface area contributed by atoms with Crippen molar-refractivity contribution in [3.8, 4) is 0 Å². The fourth-order valence-corrected chi connectivity index (χ4v) is 3.34. The maximum atomic E-state index is 12.2. The van der Waals surface area contributed by atoms with Crippen LogP contribution in [0, 0.1) is 13.8 Å². The van der Waals surface area contributed by atoms with E-state index in [-0.39, 0.29) is 5.91 Å². The summed E-state index contributed by atoms with van der Waals surface area (Å²) in [5.41, 5.74) is 4.21. The highest BCUT2D eigenvalue weighted by atomic mass is 32.2. The lowest BCUT2D eigenvalue weighted by Crippen LogP contribution is -2.19. The molecule has 4 nitrogen and oxygen atoms in total. The molecule has 2 heterocycles. The number of nitrogens with zero attached hydrogens (tertiary/aromatic N) is 2. The molecule has 5 heteroatoms. The molecule has 0 atom stereocenters. The van der Waals surface area contributed by atoms with E-state index >= 15 is 0 Å². The lowest BCUT2D eigenvalue weighted by atomic mass is 10.1. The second kappa shape index (κ2) is 6.69. The van der Waals surface area contributed by atoms with Crippen LogP contribution in [0.3, 0.4) is 0 Å². The zero-order valence-electron chi connectivity index (χ0n) is 14.3. The number of rotatable bonds is 3. The van der Waals surface area contributed by atoms with E-state index < -0.39 is 0 Å². The number of aromatic nitrogens is 1. The molecule has 0 bridgehead atoms. The van der Waals surface area contributed by atoms with Crippen LogP contribution in [0.25, 0.3) is 6.08 Å². The average molecular weight is 339 g/mol. The zero-order chi connectivity index (χ0) is 17.3. The van der Waals surface area contributed by atoms with Crippen LogP contribution in [0.2, 0.25) is 0 Å². The Bertz CT molecular complexity index is 846. The summed E-state index contributed by atoms with van der Waals surface area (Å²) < 4.78 is 2.12. The molecule has 0 unspecified atom stereocenters. The molecule has 1 aliphatic rings. The highest BCUT2D eigenvalue weighted by Gasteiger charge is 2.24. The molecule has 124 valence electrons. The Hall–Kier alpha value is -2.27. The highest BCUT2D eigenvalue weighted by molar-refractivity contribution is 8.18. The van der Waals surface area contributed by atoms with Crippen LogP contribution in [0.5, 0.6) is 0 Å². The van der Waals surface area contributed by atoms with Crippen molar-refractivity contribution in [2.75, 3.05) is 0 Å². The Morgan fingerprint density at radius 3 is 2.71 bits per heavy atom. The Labute approximate surface area is 146 Å². The average Bonchev–Trinajstić information content (AvgIpc) is 3.10. The smallest absolute Gasteiger partial charge is 0.264 e. The fourth-order valence-electron chi connectivity index (χ4n) is 2.51. The summed E-state index contributed by atoms with van der Waals surface area (Å²) in [7, 11) is 0. The number of carbonyl (C=O) groups is 1. The van der Waals surface area contributed by atoms with Gasteiger partial charge in [0.15, 0.2) is 5.17 Å². The second-order valence-electron chi connectivity index (χ2n) is 6.26. The van der Waals surface area contributed by atoms with Crippen LogP contribution in [0.4, 0.5) is 5.69 Å². The number of hydrogen-bond donors (Lipinski definition) is 1. The van der Waals surface area contributed by atoms with Crippen LogP contribution in [-0.4, -0.2) is 15.6 Å². The minimum atomic E-state index is -0.0965. The summed E-state index contributed by atoms with van der Waals surface area (Å²) in [5.74, 6) is -0.0965. The maximum Gasteiger partial charge on any atom is 0.264 e. The van der Waals surface area contributed by atoms with Crippen molar-refractivity contribution in [1.82, 2.24) is 9.88 Å². The largest absolute Gasteiger partial charge is 0.351 e. The number of thioether (sulfide) groups is 1. The van der Waals surface area contributed by atoms with Gasteiger partial charge in [-0.2, -0.15) is 0 Å². The first kappa shape index (κ1) is 16.6. The van der Waals surface area contributed by atoms with Gasteiger partial charge in [0.2, 0.25) is 0 Å². The molecule has 3 rings (SSSR count). The Morgan fingerprint density at radius 2 is 2.04 bits per heavy atom. The predicted octanol–water partition coefficient (Wildman–Crippen LogP) is 4.58. The van der Waals surface area contributed by atoms with E-state index in [4.69, 9.17) is 0 Å². The molecule has 0 radical (unpaired) electrons. The van der Waals surface area contributed by atoms with E-state index in [1.54, 1.807) is 0 Å². The molecule has 1 aromatic carbocycles. The molecule has 1 saturated heterocycles. The van der Waals surface area contributed by atoms with E-state index in [0.29, 0.717) is 16.1 Å². The number of carbonyl (C=O) groups excluding carboxylic acids is 1. The molecule has 0 spiro atoms. The van der Waals surface area contributed by atoms with Crippen LogP contribution in [0.15, 0.2) is 46.6 Å². The summed E-state index contributed by atoms with van der Waals surface area (Å²) in [5, 5.41) is 3.47. The van der Waals surface area contributed by atoms with Crippen LogP contribution in [-0.2, 0) is 4.79 Å². The third-order valence-corrected chi connectivity index (χ3v) is 4.77. The van der Waals surface area contributed by atoms with Gasteiger partial charge in [0.05, 0.1) is 10.6 Å². The topological polar surface area (TPSA) is 46.4 Å². The third-order valence-electron chi connectivity index (χ3n) is 3.86. The van der Waals surface area contributed by atoms with Crippen molar-refractivity contribution in [3.63, 3.8) is 0 Å². The second-order valence-corrected chi connectivity index (χ2v) is 7.29. The summed E-state index contributed by atoms with van der Waals surface area (Å²) in [6.45, 7) is 8.34. The van der Waals surface area contributed by atoms with Crippen molar-refractivity contribution in [1.29, 1.82) is 0 Å². The van der Waals surface area contributed by atoms with Gasteiger partial charge in [-0.1, -0.05) is 17.7 Å². The third kappa shape index (κ3) is 3.62. The van der Waals surface area contributed by atoms with Gasteiger partial charge in [0.1, 0.15) is 0 Å². The summed E-state index contributed by atoms with van der Waals surface area (Å²) >= 11 is 1.38. The monoisotopic (exact) mass is 339 g/mol. The SMILES string of the molecule is Cc1ccc(N=C2NC(=O)/C(=C\c3ccn(C(C)C)c3)S2)c(C)c1. The lowest BCUT2D eigenvalue weighted by molar-refractivity contribution is -0.115. The van der Waals surface area contributed by atoms with E-state index in [9.17, 15) is 4.79 Å². The molecular formula is C19H21N3OS. The van der Waals surface area contributed by atoms with Crippen molar-refractivity contribution < 1.29 is 4.79 Å². The molecule has 24 heavy (non-hydrogen) atoms. The molecule has 1 aromatic heterocycles. The number of amides is 1. The van der Waals surface area contributed by atoms with E-state index in [2.05, 4.69) is 41.7 Å². The molecule has 1 N–H and O–H groups in total. The first-order valence-electron chi connectivity index (χ1n) is 7.96. The Balaban J connectivity index is 1.82. The summed E-state index contributed by atoms with van der Waals surface area (Å²) in [4.78, 5) is 17.4. The number of aryl methyl sites for hydroxylation is 2. The minimum absolute atomic E-state index is 0.0965. The number of nitrogens with one attached hydrogen (secondary N) is 1. The fraction of sp³-hybridized carbons (Fsp3) is 0.263. The Kier molecular flexibility index (Phi) is 4.62. The first-order chi connectivity index (χ1) is 11.4. The molecule has 1 amide bonds. The number of hydrogen-bond acceptors (Lipinski definition) is 3. The van der Waals surface area contributed by atoms with Crippen molar-refractivity contribution >= 4 is 34.6 Å². The van der Waals surface area contributed by atoms with Gasteiger partial charge in [0.25, 0.3) is 5.91 Å². The zero-order valence-corrected chi connectivity index (χ0v) is 15.1. The normalized spacial score (nSPS) is 18.0. The predicted molar refractivity (Wildman–Crippen MR) is 102 cm³/mol.